The molecule has 0 atom stereocenters. The molecule has 0 saturated heterocycles. The number of pyridine rings is 1. The van der Waals surface area contributed by atoms with Gasteiger partial charge in [0.05, 0.1) is 17.8 Å². The summed E-state index contributed by atoms with van der Waals surface area (Å²) in [5.41, 5.74) is 2.37. The summed E-state index contributed by atoms with van der Waals surface area (Å²) in [6, 6.07) is 9.69. The molecular weight excluding hydrogens is 190 g/mol. The summed E-state index contributed by atoms with van der Waals surface area (Å²) >= 11 is 0. The molecule has 0 bridgehead atoms. The van der Waals surface area contributed by atoms with Crippen molar-refractivity contribution in [2.24, 2.45) is 0 Å². The first-order valence-electron chi connectivity index (χ1n) is 4.84. The quantitative estimate of drug-likeness (QED) is 0.651. The van der Waals surface area contributed by atoms with Gasteiger partial charge in [-0.25, -0.2) is 4.98 Å². The van der Waals surface area contributed by atoms with Crippen LogP contribution in [0.4, 0.5) is 0 Å². The van der Waals surface area contributed by atoms with Crippen LogP contribution in [0.25, 0.3) is 10.9 Å². The number of ketones is 1. The van der Waals surface area contributed by atoms with Crippen molar-refractivity contribution in [3.63, 3.8) is 0 Å². The molecule has 3 nitrogen and oxygen atoms in total. The standard InChI is InChI=1S/C12H9NO2/c14-12-7-15-6-11-9(12)5-8-3-1-2-4-10(8)13-11/h1-5H,6-7H2. The molecule has 0 fully saturated rings. The number of aromatic nitrogens is 1. The molecule has 3 heteroatoms. The number of carbonyl (C=O) groups excluding carboxylic acids is 1. The van der Waals surface area contributed by atoms with E-state index in [4.69, 9.17) is 4.74 Å². The fraction of sp³-hybridized carbons (Fsp3) is 0.167. The fourth-order valence-corrected chi connectivity index (χ4v) is 1.83. The molecular formula is C12H9NO2. The predicted octanol–water partition coefficient (Wildman–Crippen LogP) is 1.95. The summed E-state index contributed by atoms with van der Waals surface area (Å²) in [5, 5.41) is 1.01. The van der Waals surface area contributed by atoms with Gasteiger partial charge in [0, 0.05) is 10.9 Å². The van der Waals surface area contributed by atoms with Gasteiger partial charge >= 0.3 is 0 Å². The highest BCUT2D eigenvalue weighted by Crippen LogP contribution is 2.20. The predicted molar refractivity (Wildman–Crippen MR) is 55.7 cm³/mol. The first kappa shape index (κ1) is 8.56. The zero-order valence-electron chi connectivity index (χ0n) is 8.06. The summed E-state index contributed by atoms with van der Waals surface area (Å²) in [6.45, 7) is 0.610. The Morgan fingerprint density at radius 1 is 1.20 bits per heavy atom. The minimum Gasteiger partial charge on any atom is -0.367 e. The lowest BCUT2D eigenvalue weighted by Gasteiger charge is -2.14. The number of nitrogens with zero attached hydrogens (tertiary/aromatic N) is 1. The van der Waals surface area contributed by atoms with Crippen LogP contribution in [0.3, 0.4) is 0 Å². The fourth-order valence-electron chi connectivity index (χ4n) is 1.83. The van der Waals surface area contributed by atoms with E-state index in [0.29, 0.717) is 12.2 Å². The molecule has 2 aromatic rings. The molecule has 0 N–H and O–H groups in total. The molecule has 0 unspecified atom stereocenters. The molecule has 0 saturated carbocycles. The van der Waals surface area contributed by atoms with Crippen molar-refractivity contribution in [3.8, 4) is 0 Å². The van der Waals surface area contributed by atoms with Gasteiger partial charge in [0.2, 0.25) is 0 Å². The minimum atomic E-state index is 0.0227. The van der Waals surface area contributed by atoms with Crippen LogP contribution in [-0.4, -0.2) is 17.4 Å². The maximum Gasteiger partial charge on any atom is 0.190 e. The summed E-state index contributed by atoms with van der Waals surface area (Å²) in [4.78, 5) is 16.0. The topological polar surface area (TPSA) is 39.2 Å². The molecule has 0 radical (unpaired) electrons. The van der Waals surface area contributed by atoms with Gasteiger partial charge in [-0.05, 0) is 12.1 Å². The highest BCUT2D eigenvalue weighted by atomic mass is 16.5. The van der Waals surface area contributed by atoms with Gasteiger partial charge in [-0.2, -0.15) is 0 Å². The Morgan fingerprint density at radius 2 is 2.07 bits per heavy atom. The van der Waals surface area contributed by atoms with Crippen LogP contribution in [0.5, 0.6) is 0 Å². The van der Waals surface area contributed by atoms with Crippen molar-refractivity contribution >= 4 is 16.7 Å². The third-order valence-corrected chi connectivity index (χ3v) is 2.58. The van der Waals surface area contributed by atoms with Crippen LogP contribution >= 0.6 is 0 Å². The van der Waals surface area contributed by atoms with Gasteiger partial charge in [-0.3, -0.25) is 4.79 Å². The molecule has 1 aliphatic heterocycles. The lowest BCUT2D eigenvalue weighted by Crippen LogP contribution is -2.19. The first-order chi connectivity index (χ1) is 7.34. The summed E-state index contributed by atoms with van der Waals surface area (Å²) in [6.07, 6.45) is 0. The lowest BCUT2D eigenvalue weighted by atomic mass is 10.0. The molecule has 2 heterocycles. The zero-order chi connectivity index (χ0) is 10.3. The second kappa shape index (κ2) is 3.14. The first-order valence-corrected chi connectivity index (χ1v) is 4.84. The van der Waals surface area contributed by atoms with E-state index >= 15 is 0 Å². The molecule has 0 aliphatic carbocycles. The van der Waals surface area contributed by atoms with Crippen molar-refractivity contribution in [1.29, 1.82) is 0 Å². The SMILES string of the molecule is O=C1COCc2nc3ccccc3cc21. The van der Waals surface area contributed by atoms with E-state index in [-0.39, 0.29) is 12.4 Å². The maximum absolute atomic E-state index is 11.6. The molecule has 1 aliphatic rings. The van der Waals surface area contributed by atoms with Crippen LogP contribution in [0, 0.1) is 0 Å². The van der Waals surface area contributed by atoms with Crippen LogP contribution in [0.15, 0.2) is 30.3 Å². The molecule has 3 rings (SSSR count). The minimum absolute atomic E-state index is 0.0227. The van der Waals surface area contributed by atoms with Crippen LogP contribution in [0.1, 0.15) is 16.1 Å². The second-order valence-electron chi connectivity index (χ2n) is 3.59. The molecule has 74 valence electrons. The van der Waals surface area contributed by atoms with Gasteiger partial charge in [0.1, 0.15) is 6.61 Å². The normalized spacial score (nSPS) is 15.3. The Hall–Kier alpha value is -1.74. The van der Waals surface area contributed by atoms with Crippen molar-refractivity contribution < 1.29 is 9.53 Å². The molecule has 1 aromatic heterocycles. The molecule has 0 amide bonds. The van der Waals surface area contributed by atoms with E-state index in [1.807, 2.05) is 30.3 Å². The van der Waals surface area contributed by atoms with E-state index < -0.39 is 0 Å². The number of rotatable bonds is 0. The highest BCUT2D eigenvalue weighted by Gasteiger charge is 2.19. The van der Waals surface area contributed by atoms with E-state index in [2.05, 4.69) is 4.98 Å². The molecule has 15 heavy (non-hydrogen) atoms. The maximum atomic E-state index is 11.6. The van der Waals surface area contributed by atoms with Gasteiger partial charge in [-0.15, -0.1) is 0 Å². The Balaban J connectivity index is 2.32. The third kappa shape index (κ3) is 1.32. The van der Waals surface area contributed by atoms with E-state index in [9.17, 15) is 4.79 Å². The number of hydrogen-bond acceptors (Lipinski definition) is 3. The largest absolute Gasteiger partial charge is 0.367 e. The number of carbonyl (C=O) groups is 1. The van der Waals surface area contributed by atoms with Crippen molar-refractivity contribution in [2.45, 2.75) is 6.61 Å². The van der Waals surface area contributed by atoms with E-state index in [1.54, 1.807) is 0 Å². The van der Waals surface area contributed by atoms with Gasteiger partial charge < -0.3 is 4.74 Å². The summed E-state index contributed by atoms with van der Waals surface area (Å²) in [7, 11) is 0. The number of para-hydroxylation sites is 1. The van der Waals surface area contributed by atoms with E-state index in [0.717, 1.165) is 16.6 Å². The Bertz CT molecular complexity index is 548. The Labute approximate surface area is 86.7 Å². The third-order valence-electron chi connectivity index (χ3n) is 2.58. The number of fused-ring (bicyclic) bond motifs is 2. The number of Topliss-reactive ketones (excluding diaryl/α,β-unsaturated/α-hetero) is 1. The number of hydrogen-bond donors (Lipinski definition) is 0. The number of ether oxygens (including phenoxy) is 1. The average molecular weight is 199 g/mol. The smallest absolute Gasteiger partial charge is 0.190 e. The average Bonchev–Trinajstić information content (AvgIpc) is 2.27. The van der Waals surface area contributed by atoms with Crippen molar-refractivity contribution in [1.82, 2.24) is 4.98 Å². The van der Waals surface area contributed by atoms with Crippen LogP contribution in [-0.2, 0) is 11.3 Å². The number of benzene rings is 1. The van der Waals surface area contributed by atoms with Crippen LogP contribution in [0.2, 0.25) is 0 Å². The van der Waals surface area contributed by atoms with Gasteiger partial charge in [0.25, 0.3) is 0 Å². The summed E-state index contributed by atoms with van der Waals surface area (Å²) < 4.78 is 5.15. The van der Waals surface area contributed by atoms with E-state index in [1.165, 1.54) is 0 Å². The second-order valence-corrected chi connectivity index (χ2v) is 3.59. The summed E-state index contributed by atoms with van der Waals surface area (Å²) in [5.74, 6) is 0.0227. The molecule has 1 aromatic carbocycles. The van der Waals surface area contributed by atoms with Gasteiger partial charge in [-0.1, -0.05) is 18.2 Å². The van der Waals surface area contributed by atoms with Gasteiger partial charge in [0.15, 0.2) is 5.78 Å². The van der Waals surface area contributed by atoms with Crippen molar-refractivity contribution in [2.75, 3.05) is 6.61 Å². The monoisotopic (exact) mass is 199 g/mol. The lowest BCUT2D eigenvalue weighted by molar-refractivity contribution is 0.0656. The Morgan fingerprint density at radius 3 is 3.00 bits per heavy atom. The highest BCUT2D eigenvalue weighted by molar-refractivity contribution is 6.01. The van der Waals surface area contributed by atoms with Crippen molar-refractivity contribution in [3.05, 3.63) is 41.6 Å². The zero-order valence-corrected chi connectivity index (χ0v) is 8.06. The molecule has 0 spiro atoms. The Kier molecular flexibility index (Phi) is 1.79. The van der Waals surface area contributed by atoms with Crippen LogP contribution < -0.4 is 0 Å².